The van der Waals surface area contributed by atoms with Gasteiger partial charge in [-0.15, -0.1) is 0 Å². The molecular formula is C20H28O4. The van der Waals surface area contributed by atoms with Crippen LogP contribution in [0.15, 0.2) is 22.6 Å². The first kappa shape index (κ1) is 17.3. The lowest BCUT2D eigenvalue weighted by atomic mass is 9.81. The first-order valence-electron chi connectivity index (χ1n) is 8.93. The number of carbonyl (C=O) groups excluding carboxylic acids is 1. The van der Waals surface area contributed by atoms with Gasteiger partial charge in [-0.05, 0) is 50.7 Å². The van der Waals surface area contributed by atoms with Crippen molar-refractivity contribution in [2.45, 2.75) is 65.1 Å². The molecule has 1 aromatic rings. The fourth-order valence-electron chi connectivity index (χ4n) is 4.28. The Labute approximate surface area is 143 Å². The molecule has 0 unspecified atom stereocenters. The van der Waals surface area contributed by atoms with Gasteiger partial charge in [-0.25, -0.2) is 0 Å². The van der Waals surface area contributed by atoms with Crippen molar-refractivity contribution in [2.24, 2.45) is 17.8 Å². The Morgan fingerprint density at radius 3 is 2.71 bits per heavy atom. The Hall–Kier alpha value is -1.55. The van der Waals surface area contributed by atoms with Gasteiger partial charge in [0.2, 0.25) is 0 Å². The fourth-order valence-corrected chi connectivity index (χ4v) is 4.28. The summed E-state index contributed by atoms with van der Waals surface area (Å²) in [5, 5.41) is 10.9. The molecule has 4 nitrogen and oxygen atoms in total. The van der Waals surface area contributed by atoms with Gasteiger partial charge in [-0.3, -0.25) is 4.79 Å². The van der Waals surface area contributed by atoms with Crippen LogP contribution in [0.5, 0.6) is 0 Å². The van der Waals surface area contributed by atoms with E-state index in [-0.39, 0.29) is 35.7 Å². The van der Waals surface area contributed by atoms with Crippen LogP contribution in [0.4, 0.5) is 0 Å². The molecule has 0 spiro atoms. The molecule has 3 rings (SSSR count). The predicted octanol–water partition coefficient (Wildman–Crippen LogP) is 4.28. The van der Waals surface area contributed by atoms with Crippen LogP contribution in [0.3, 0.4) is 0 Å². The topological polar surface area (TPSA) is 59.7 Å². The van der Waals surface area contributed by atoms with Crippen molar-refractivity contribution in [3.63, 3.8) is 0 Å². The lowest BCUT2D eigenvalue weighted by Gasteiger charge is -2.24. The largest absolute Gasteiger partial charge is 0.463 e. The summed E-state index contributed by atoms with van der Waals surface area (Å²) >= 11 is 0. The van der Waals surface area contributed by atoms with E-state index in [1.807, 2.05) is 19.9 Å². The molecule has 0 aromatic carbocycles. The Bertz CT molecular complexity index is 642. The van der Waals surface area contributed by atoms with Crippen LogP contribution in [0.25, 0.3) is 0 Å². The minimum atomic E-state index is -0.711. The van der Waals surface area contributed by atoms with Crippen LogP contribution in [-0.4, -0.2) is 17.2 Å². The third kappa shape index (κ3) is 2.92. The van der Waals surface area contributed by atoms with Crippen molar-refractivity contribution in [2.75, 3.05) is 0 Å². The molecular weight excluding hydrogens is 304 g/mol. The lowest BCUT2D eigenvalue weighted by Crippen LogP contribution is -2.22. The van der Waals surface area contributed by atoms with E-state index in [9.17, 15) is 9.90 Å². The molecule has 1 saturated heterocycles. The number of ether oxygens (including phenoxy) is 1. The normalized spacial score (nSPS) is 33.2. The van der Waals surface area contributed by atoms with Gasteiger partial charge in [0.25, 0.3) is 0 Å². The molecule has 4 heteroatoms. The highest BCUT2D eigenvalue weighted by Gasteiger charge is 2.43. The molecule has 2 aliphatic heterocycles. The molecule has 1 fully saturated rings. The quantitative estimate of drug-likeness (QED) is 0.649. The smallest absolute Gasteiger partial charge is 0.309 e. The number of carbonyl (C=O) groups is 1. The van der Waals surface area contributed by atoms with E-state index < -0.39 is 6.10 Å². The van der Waals surface area contributed by atoms with E-state index in [1.54, 1.807) is 0 Å². The van der Waals surface area contributed by atoms with E-state index in [2.05, 4.69) is 20.4 Å². The monoisotopic (exact) mass is 332 g/mol. The highest BCUT2D eigenvalue weighted by atomic mass is 16.6. The number of aryl methyl sites for hydroxylation is 1. The molecule has 24 heavy (non-hydrogen) atoms. The van der Waals surface area contributed by atoms with E-state index in [1.165, 1.54) is 0 Å². The van der Waals surface area contributed by atoms with Crippen LogP contribution in [0.1, 0.15) is 69.1 Å². The summed E-state index contributed by atoms with van der Waals surface area (Å²) in [4.78, 5) is 12.3. The summed E-state index contributed by atoms with van der Waals surface area (Å²) in [6.45, 7) is 12.2. The summed E-state index contributed by atoms with van der Waals surface area (Å²) in [6.07, 6.45) is 1.32. The highest BCUT2D eigenvalue weighted by Crippen LogP contribution is 2.44. The van der Waals surface area contributed by atoms with Gasteiger partial charge in [0, 0.05) is 5.92 Å². The Balaban J connectivity index is 2.07. The Morgan fingerprint density at radius 2 is 2.08 bits per heavy atom. The standard InChI is InChI=1S/C20H28O4/c1-10(2)14-7-6-13-9-16(24-20(13)22)17(11(3)4)15-8-12(5)19(23-15)18(14)21/h8,11,13-14,16-18,21H,1,6-7,9H2,2-5H3/t13-,14+,16-,17+,18+/m1/s1. The average Bonchev–Trinajstić information content (AvgIpc) is 3.01. The van der Waals surface area contributed by atoms with Gasteiger partial charge in [-0.1, -0.05) is 26.0 Å². The lowest BCUT2D eigenvalue weighted by molar-refractivity contribution is -0.145. The molecule has 2 aliphatic rings. The zero-order chi connectivity index (χ0) is 17.6. The van der Waals surface area contributed by atoms with Gasteiger partial charge < -0.3 is 14.3 Å². The van der Waals surface area contributed by atoms with Crippen molar-refractivity contribution < 1.29 is 19.1 Å². The predicted molar refractivity (Wildman–Crippen MR) is 91.5 cm³/mol. The van der Waals surface area contributed by atoms with Gasteiger partial charge in [0.05, 0.1) is 11.8 Å². The second-order valence-electron chi connectivity index (χ2n) is 7.85. The van der Waals surface area contributed by atoms with Crippen LogP contribution >= 0.6 is 0 Å². The van der Waals surface area contributed by atoms with Gasteiger partial charge >= 0.3 is 5.97 Å². The zero-order valence-corrected chi connectivity index (χ0v) is 15.0. The molecule has 0 aliphatic carbocycles. The van der Waals surface area contributed by atoms with Crippen molar-refractivity contribution in [3.8, 4) is 0 Å². The molecule has 1 aromatic heterocycles. The third-order valence-electron chi connectivity index (χ3n) is 5.65. The van der Waals surface area contributed by atoms with Crippen molar-refractivity contribution in [3.05, 3.63) is 35.3 Å². The summed E-state index contributed by atoms with van der Waals surface area (Å²) < 4.78 is 11.8. The molecule has 5 atom stereocenters. The molecule has 0 saturated carbocycles. The number of aliphatic hydroxyl groups is 1. The summed E-state index contributed by atoms with van der Waals surface area (Å²) in [5.41, 5.74) is 1.87. The van der Waals surface area contributed by atoms with Crippen molar-refractivity contribution in [1.29, 1.82) is 0 Å². The van der Waals surface area contributed by atoms with Crippen LogP contribution in [0, 0.1) is 24.7 Å². The molecule has 132 valence electrons. The summed E-state index contributed by atoms with van der Waals surface area (Å²) in [6, 6.07) is 2.00. The van der Waals surface area contributed by atoms with E-state index in [0.717, 1.165) is 29.7 Å². The van der Waals surface area contributed by atoms with Crippen LogP contribution < -0.4 is 0 Å². The first-order valence-corrected chi connectivity index (χ1v) is 8.93. The first-order chi connectivity index (χ1) is 11.3. The number of aliphatic hydroxyl groups excluding tert-OH is 1. The van der Waals surface area contributed by atoms with E-state index >= 15 is 0 Å². The third-order valence-corrected chi connectivity index (χ3v) is 5.65. The number of esters is 1. The summed E-state index contributed by atoms with van der Waals surface area (Å²) in [5.74, 6) is 1.47. The van der Waals surface area contributed by atoms with Gasteiger partial charge in [0.15, 0.2) is 0 Å². The van der Waals surface area contributed by atoms with Crippen LogP contribution in [0.2, 0.25) is 0 Å². The minimum Gasteiger partial charge on any atom is -0.463 e. The van der Waals surface area contributed by atoms with Gasteiger partial charge in [0.1, 0.15) is 23.7 Å². The SMILES string of the molecule is C=C(C)[C@@H]1CC[C@@H]2C[C@@H](OC2=O)[C@@H](C(C)C)c2cc(C)c(o2)[C@H]1O. The summed E-state index contributed by atoms with van der Waals surface area (Å²) in [7, 11) is 0. The highest BCUT2D eigenvalue weighted by molar-refractivity contribution is 5.74. The molecule has 0 radical (unpaired) electrons. The number of rotatable bonds is 2. The number of fused-ring (bicyclic) bond motifs is 4. The molecule has 3 heterocycles. The molecule has 1 N–H and O–H groups in total. The second-order valence-corrected chi connectivity index (χ2v) is 7.85. The van der Waals surface area contributed by atoms with E-state index in [0.29, 0.717) is 12.2 Å². The maximum atomic E-state index is 12.3. The average molecular weight is 332 g/mol. The number of hydrogen-bond donors (Lipinski definition) is 1. The number of furan rings is 1. The number of hydrogen-bond acceptors (Lipinski definition) is 4. The Morgan fingerprint density at radius 1 is 1.38 bits per heavy atom. The maximum Gasteiger partial charge on any atom is 0.309 e. The molecule has 0 amide bonds. The van der Waals surface area contributed by atoms with Crippen molar-refractivity contribution >= 4 is 5.97 Å². The van der Waals surface area contributed by atoms with Crippen LogP contribution in [-0.2, 0) is 9.53 Å². The van der Waals surface area contributed by atoms with E-state index in [4.69, 9.17) is 9.15 Å². The second kappa shape index (κ2) is 6.40. The molecule has 4 bridgehead atoms. The van der Waals surface area contributed by atoms with Gasteiger partial charge in [-0.2, -0.15) is 0 Å². The van der Waals surface area contributed by atoms with Crippen molar-refractivity contribution in [1.82, 2.24) is 0 Å². The zero-order valence-electron chi connectivity index (χ0n) is 15.0. The fraction of sp³-hybridized carbons (Fsp3) is 0.650. The maximum absolute atomic E-state index is 12.3. The minimum absolute atomic E-state index is 0.0278. The Kier molecular flexibility index (Phi) is 4.60.